The summed E-state index contributed by atoms with van der Waals surface area (Å²) >= 11 is 0. The molecule has 0 aromatic heterocycles. The highest BCUT2D eigenvalue weighted by Crippen LogP contribution is 2.16. The highest BCUT2D eigenvalue weighted by atomic mass is 16.5. The maximum Gasteiger partial charge on any atom is 0.337 e. The molecule has 0 radical (unpaired) electrons. The molecule has 20 heavy (non-hydrogen) atoms. The molecule has 0 heterocycles. The number of aliphatic imine (C=N–C) groups is 1. The van der Waals surface area contributed by atoms with Gasteiger partial charge in [-0.2, -0.15) is 0 Å². The van der Waals surface area contributed by atoms with Crippen LogP contribution in [-0.4, -0.2) is 26.4 Å². The lowest BCUT2D eigenvalue weighted by Crippen LogP contribution is -1.99. The van der Waals surface area contributed by atoms with Gasteiger partial charge in [-0.05, 0) is 48.0 Å². The molecule has 4 heteroatoms. The van der Waals surface area contributed by atoms with Gasteiger partial charge in [-0.1, -0.05) is 6.07 Å². The van der Waals surface area contributed by atoms with E-state index in [1.54, 1.807) is 31.5 Å². The molecule has 0 aliphatic rings. The van der Waals surface area contributed by atoms with Crippen LogP contribution in [0.1, 0.15) is 15.9 Å². The molecule has 102 valence electrons. The van der Waals surface area contributed by atoms with E-state index in [0.717, 1.165) is 11.3 Å². The lowest BCUT2D eigenvalue weighted by atomic mass is 10.2. The van der Waals surface area contributed by atoms with Crippen molar-refractivity contribution in [1.82, 2.24) is 0 Å². The molecule has 0 aliphatic heterocycles. The molecule has 0 amide bonds. The third-order valence-corrected chi connectivity index (χ3v) is 2.75. The first-order chi connectivity index (χ1) is 9.72. The molecule has 0 bridgehead atoms. The Kier molecular flexibility index (Phi) is 4.50. The van der Waals surface area contributed by atoms with Crippen LogP contribution in [0.5, 0.6) is 5.75 Å². The van der Waals surface area contributed by atoms with Crippen LogP contribution in [0.15, 0.2) is 53.5 Å². The van der Waals surface area contributed by atoms with Crippen molar-refractivity contribution in [3.05, 3.63) is 59.7 Å². The topological polar surface area (TPSA) is 47.9 Å². The van der Waals surface area contributed by atoms with E-state index in [1.807, 2.05) is 30.3 Å². The summed E-state index contributed by atoms with van der Waals surface area (Å²) in [5.74, 6) is 0.432. The van der Waals surface area contributed by atoms with E-state index in [1.165, 1.54) is 7.11 Å². The van der Waals surface area contributed by atoms with Crippen LogP contribution in [0.25, 0.3) is 0 Å². The second-order valence-corrected chi connectivity index (χ2v) is 4.07. The predicted octanol–water partition coefficient (Wildman–Crippen LogP) is 3.23. The molecule has 0 spiro atoms. The molecule has 0 saturated carbocycles. The first-order valence-electron chi connectivity index (χ1n) is 6.09. The first-order valence-corrected chi connectivity index (χ1v) is 6.09. The van der Waals surface area contributed by atoms with E-state index in [4.69, 9.17) is 4.74 Å². The summed E-state index contributed by atoms with van der Waals surface area (Å²) in [4.78, 5) is 15.8. The molecular weight excluding hydrogens is 254 g/mol. The summed E-state index contributed by atoms with van der Waals surface area (Å²) in [5.41, 5.74) is 2.13. The van der Waals surface area contributed by atoms with Gasteiger partial charge < -0.3 is 9.47 Å². The van der Waals surface area contributed by atoms with Crippen LogP contribution >= 0.6 is 0 Å². The normalized spacial score (nSPS) is 10.5. The summed E-state index contributed by atoms with van der Waals surface area (Å²) in [7, 11) is 2.98. The second kappa shape index (κ2) is 6.52. The van der Waals surface area contributed by atoms with E-state index in [2.05, 4.69) is 9.73 Å². The van der Waals surface area contributed by atoms with Crippen molar-refractivity contribution in [3.8, 4) is 5.75 Å². The van der Waals surface area contributed by atoms with Gasteiger partial charge in [0, 0.05) is 6.21 Å². The molecule has 0 unspecified atom stereocenters. The lowest BCUT2D eigenvalue weighted by Gasteiger charge is -2.01. The molecule has 2 aromatic carbocycles. The van der Waals surface area contributed by atoms with Crippen molar-refractivity contribution in [3.63, 3.8) is 0 Å². The Morgan fingerprint density at radius 2 is 1.85 bits per heavy atom. The average Bonchev–Trinajstić information content (AvgIpc) is 2.53. The number of methoxy groups -OCH3 is 2. The molecule has 0 N–H and O–H groups in total. The van der Waals surface area contributed by atoms with E-state index < -0.39 is 0 Å². The summed E-state index contributed by atoms with van der Waals surface area (Å²) in [6.07, 6.45) is 1.73. The van der Waals surface area contributed by atoms with Gasteiger partial charge in [-0.3, -0.25) is 4.99 Å². The minimum absolute atomic E-state index is 0.369. The van der Waals surface area contributed by atoms with E-state index in [0.29, 0.717) is 11.3 Å². The van der Waals surface area contributed by atoms with Crippen molar-refractivity contribution < 1.29 is 14.3 Å². The number of rotatable bonds is 4. The molecule has 0 fully saturated rings. The summed E-state index contributed by atoms with van der Waals surface area (Å²) in [6.45, 7) is 0. The highest BCUT2D eigenvalue weighted by molar-refractivity contribution is 5.90. The molecular formula is C16H15NO3. The second-order valence-electron chi connectivity index (χ2n) is 4.07. The Morgan fingerprint density at radius 3 is 2.50 bits per heavy atom. The van der Waals surface area contributed by atoms with Crippen LogP contribution in [0, 0.1) is 0 Å². The van der Waals surface area contributed by atoms with E-state index in [-0.39, 0.29) is 5.97 Å². The van der Waals surface area contributed by atoms with Gasteiger partial charge in [-0.15, -0.1) is 0 Å². The molecule has 0 aliphatic carbocycles. The zero-order valence-electron chi connectivity index (χ0n) is 11.4. The number of esters is 1. The smallest absolute Gasteiger partial charge is 0.337 e. The average molecular weight is 269 g/mol. The molecule has 0 atom stereocenters. The van der Waals surface area contributed by atoms with Crippen molar-refractivity contribution in [1.29, 1.82) is 0 Å². The zero-order chi connectivity index (χ0) is 14.4. The van der Waals surface area contributed by atoms with Crippen LogP contribution in [0.4, 0.5) is 5.69 Å². The Balaban J connectivity index is 2.16. The Labute approximate surface area is 117 Å². The van der Waals surface area contributed by atoms with Crippen molar-refractivity contribution >= 4 is 17.9 Å². The number of hydrogen-bond acceptors (Lipinski definition) is 4. The zero-order valence-corrected chi connectivity index (χ0v) is 11.4. The number of ether oxygens (including phenoxy) is 2. The number of nitrogens with zero attached hydrogens (tertiary/aromatic N) is 1. The van der Waals surface area contributed by atoms with Gasteiger partial charge >= 0.3 is 5.97 Å². The third kappa shape index (κ3) is 3.45. The number of benzene rings is 2. The minimum atomic E-state index is -0.369. The fourth-order valence-electron chi connectivity index (χ4n) is 1.67. The number of hydrogen-bond donors (Lipinski definition) is 0. The maximum absolute atomic E-state index is 11.4. The van der Waals surface area contributed by atoms with Gasteiger partial charge in [0.05, 0.1) is 25.5 Å². The Bertz CT molecular complexity index is 618. The summed E-state index contributed by atoms with van der Waals surface area (Å²) in [5, 5.41) is 0. The number of carbonyl (C=O) groups is 1. The van der Waals surface area contributed by atoms with Crippen molar-refractivity contribution in [2.45, 2.75) is 0 Å². The quantitative estimate of drug-likeness (QED) is 0.632. The van der Waals surface area contributed by atoms with Gasteiger partial charge in [0.25, 0.3) is 0 Å². The van der Waals surface area contributed by atoms with Gasteiger partial charge in [0.2, 0.25) is 0 Å². The minimum Gasteiger partial charge on any atom is -0.497 e. The van der Waals surface area contributed by atoms with Gasteiger partial charge in [0.15, 0.2) is 0 Å². The van der Waals surface area contributed by atoms with E-state index in [9.17, 15) is 4.79 Å². The van der Waals surface area contributed by atoms with Crippen LogP contribution < -0.4 is 4.74 Å². The Morgan fingerprint density at radius 1 is 1.10 bits per heavy atom. The lowest BCUT2D eigenvalue weighted by molar-refractivity contribution is 0.0601. The van der Waals surface area contributed by atoms with Crippen molar-refractivity contribution in [2.75, 3.05) is 14.2 Å². The standard InChI is InChI=1S/C16H15NO3/c1-19-15-8-6-12(7-9-15)11-17-14-5-3-4-13(10-14)16(18)20-2/h3-11H,1-2H3. The highest BCUT2D eigenvalue weighted by Gasteiger charge is 2.04. The first kappa shape index (κ1) is 13.8. The molecule has 2 rings (SSSR count). The Hall–Kier alpha value is -2.62. The van der Waals surface area contributed by atoms with E-state index >= 15 is 0 Å². The predicted molar refractivity (Wildman–Crippen MR) is 78.0 cm³/mol. The summed E-state index contributed by atoms with van der Waals surface area (Å²) < 4.78 is 9.77. The fraction of sp³-hybridized carbons (Fsp3) is 0.125. The largest absolute Gasteiger partial charge is 0.497 e. The van der Waals surface area contributed by atoms with Crippen LogP contribution in [-0.2, 0) is 4.74 Å². The maximum atomic E-state index is 11.4. The summed E-state index contributed by atoms with van der Waals surface area (Å²) in [6, 6.07) is 14.5. The monoisotopic (exact) mass is 269 g/mol. The molecule has 4 nitrogen and oxygen atoms in total. The molecule has 2 aromatic rings. The fourth-order valence-corrected chi connectivity index (χ4v) is 1.67. The van der Waals surface area contributed by atoms with Crippen LogP contribution in [0.2, 0.25) is 0 Å². The van der Waals surface area contributed by atoms with Crippen LogP contribution in [0.3, 0.4) is 0 Å². The van der Waals surface area contributed by atoms with Crippen molar-refractivity contribution in [2.24, 2.45) is 4.99 Å². The molecule has 0 saturated heterocycles. The number of carbonyl (C=O) groups excluding carboxylic acids is 1. The van der Waals surface area contributed by atoms with Gasteiger partial charge in [-0.25, -0.2) is 4.79 Å². The third-order valence-electron chi connectivity index (χ3n) is 2.75. The SMILES string of the molecule is COC(=O)c1cccc(N=Cc2ccc(OC)cc2)c1. The van der Waals surface area contributed by atoms with Gasteiger partial charge in [0.1, 0.15) is 5.75 Å².